The van der Waals surface area contributed by atoms with Crippen LogP contribution in [-0.2, 0) is 9.47 Å². The SMILES string of the molecule is CCOC(=O)c1ccc(C(=O)OC(C)(C)C)cc1OC1CC1. The lowest BCUT2D eigenvalue weighted by Crippen LogP contribution is -2.24. The van der Waals surface area contributed by atoms with Gasteiger partial charge in [-0.1, -0.05) is 0 Å². The standard InChI is InChI=1S/C17H22O5/c1-5-20-16(19)13-9-6-11(15(18)22-17(2,3)4)10-14(13)21-12-7-8-12/h6,9-10,12H,5,7-8H2,1-4H3. The van der Waals surface area contributed by atoms with Crippen LogP contribution in [0.5, 0.6) is 5.75 Å². The van der Waals surface area contributed by atoms with E-state index in [0.29, 0.717) is 16.9 Å². The maximum Gasteiger partial charge on any atom is 0.341 e. The highest BCUT2D eigenvalue weighted by Crippen LogP contribution is 2.31. The lowest BCUT2D eigenvalue weighted by molar-refractivity contribution is 0.00684. The molecule has 0 amide bonds. The molecule has 1 aliphatic rings. The molecule has 0 spiro atoms. The van der Waals surface area contributed by atoms with Crippen LogP contribution in [0, 0.1) is 0 Å². The predicted molar refractivity (Wildman–Crippen MR) is 81.2 cm³/mol. The van der Waals surface area contributed by atoms with E-state index in [-0.39, 0.29) is 12.7 Å². The van der Waals surface area contributed by atoms with Gasteiger partial charge in [0.25, 0.3) is 0 Å². The number of esters is 2. The summed E-state index contributed by atoms with van der Waals surface area (Å²) in [5.41, 5.74) is 0.119. The van der Waals surface area contributed by atoms with Crippen LogP contribution in [-0.4, -0.2) is 30.3 Å². The molecule has 2 rings (SSSR count). The Labute approximate surface area is 130 Å². The highest BCUT2D eigenvalue weighted by atomic mass is 16.6. The van der Waals surface area contributed by atoms with E-state index in [9.17, 15) is 9.59 Å². The van der Waals surface area contributed by atoms with Crippen molar-refractivity contribution in [3.05, 3.63) is 29.3 Å². The molecular formula is C17H22O5. The van der Waals surface area contributed by atoms with Gasteiger partial charge in [-0.2, -0.15) is 0 Å². The molecule has 0 aromatic heterocycles. The normalized spacial score (nSPS) is 14.4. The van der Waals surface area contributed by atoms with E-state index in [1.807, 2.05) is 0 Å². The second kappa shape index (κ2) is 6.38. The van der Waals surface area contributed by atoms with Gasteiger partial charge in [-0.15, -0.1) is 0 Å². The van der Waals surface area contributed by atoms with Gasteiger partial charge in [-0.05, 0) is 58.7 Å². The Bertz CT molecular complexity index is 567. The van der Waals surface area contributed by atoms with Gasteiger partial charge in [-0.25, -0.2) is 9.59 Å². The van der Waals surface area contributed by atoms with Crippen molar-refractivity contribution in [2.24, 2.45) is 0 Å². The van der Waals surface area contributed by atoms with Gasteiger partial charge in [-0.3, -0.25) is 0 Å². The van der Waals surface area contributed by atoms with E-state index in [0.717, 1.165) is 12.8 Å². The van der Waals surface area contributed by atoms with Crippen molar-refractivity contribution in [3.63, 3.8) is 0 Å². The lowest BCUT2D eigenvalue weighted by atomic mass is 10.1. The van der Waals surface area contributed by atoms with E-state index >= 15 is 0 Å². The molecule has 1 fully saturated rings. The molecule has 1 aliphatic carbocycles. The third kappa shape index (κ3) is 4.48. The van der Waals surface area contributed by atoms with Crippen molar-refractivity contribution in [2.75, 3.05) is 6.61 Å². The fourth-order valence-corrected chi connectivity index (χ4v) is 1.83. The molecular weight excluding hydrogens is 284 g/mol. The minimum atomic E-state index is -0.575. The largest absolute Gasteiger partial charge is 0.489 e. The van der Waals surface area contributed by atoms with Crippen molar-refractivity contribution in [1.29, 1.82) is 0 Å². The average Bonchev–Trinajstić information content (AvgIpc) is 3.21. The summed E-state index contributed by atoms with van der Waals surface area (Å²) < 4.78 is 16.1. The molecule has 5 heteroatoms. The van der Waals surface area contributed by atoms with E-state index in [1.54, 1.807) is 45.9 Å². The number of benzene rings is 1. The van der Waals surface area contributed by atoms with Crippen LogP contribution >= 0.6 is 0 Å². The molecule has 1 aromatic carbocycles. The fourth-order valence-electron chi connectivity index (χ4n) is 1.83. The van der Waals surface area contributed by atoms with Crippen molar-refractivity contribution in [2.45, 2.75) is 52.2 Å². The molecule has 0 bridgehead atoms. The number of ether oxygens (including phenoxy) is 3. The summed E-state index contributed by atoms with van der Waals surface area (Å²) in [5.74, 6) is -0.512. The molecule has 120 valence electrons. The van der Waals surface area contributed by atoms with Crippen LogP contribution < -0.4 is 4.74 Å². The van der Waals surface area contributed by atoms with E-state index < -0.39 is 17.5 Å². The molecule has 22 heavy (non-hydrogen) atoms. The van der Waals surface area contributed by atoms with E-state index in [2.05, 4.69) is 0 Å². The molecule has 1 saturated carbocycles. The second-order valence-electron chi connectivity index (χ2n) is 6.25. The number of hydrogen-bond acceptors (Lipinski definition) is 5. The Hall–Kier alpha value is -2.04. The zero-order valence-electron chi connectivity index (χ0n) is 13.5. The molecule has 5 nitrogen and oxygen atoms in total. The van der Waals surface area contributed by atoms with Gasteiger partial charge in [0.15, 0.2) is 0 Å². The van der Waals surface area contributed by atoms with Gasteiger partial charge in [0.2, 0.25) is 0 Å². The van der Waals surface area contributed by atoms with Crippen molar-refractivity contribution >= 4 is 11.9 Å². The summed E-state index contributed by atoms with van der Waals surface area (Å²) in [4.78, 5) is 24.1. The molecule has 0 N–H and O–H groups in total. The monoisotopic (exact) mass is 306 g/mol. The number of carbonyl (C=O) groups excluding carboxylic acids is 2. The topological polar surface area (TPSA) is 61.8 Å². The molecule has 0 unspecified atom stereocenters. The summed E-state index contributed by atoms with van der Waals surface area (Å²) in [7, 11) is 0. The summed E-state index contributed by atoms with van der Waals surface area (Å²) in [6.45, 7) is 7.45. The summed E-state index contributed by atoms with van der Waals surface area (Å²) in [6.07, 6.45) is 2.03. The molecule has 1 aromatic rings. The molecule has 0 heterocycles. The average molecular weight is 306 g/mol. The summed E-state index contributed by atoms with van der Waals surface area (Å²) in [5, 5.41) is 0. The van der Waals surface area contributed by atoms with Gasteiger partial charge in [0, 0.05) is 0 Å². The minimum Gasteiger partial charge on any atom is -0.489 e. The minimum absolute atomic E-state index is 0.113. The number of rotatable bonds is 5. The van der Waals surface area contributed by atoms with Crippen molar-refractivity contribution < 1.29 is 23.8 Å². The van der Waals surface area contributed by atoms with Crippen LogP contribution in [0.1, 0.15) is 61.3 Å². The zero-order chi connectivity index (χ0) is 16.3. The molecule has 0 aliphatic heterocycles. The van der Waals surface area contributed by atoms with Crippen LogP contribution in [0.15, 0.2) is 18.2 Å². The van der Waals surface area contributed by atoms with E-state index in [1.165, 1.54) is 0 Å². The summed E-state index contributed by atoms with van der Waals surface area (Å²) in [6, 6.07) is 4.66. The van der Waals surface area contributed by atoms with Crippen molar-refractivity contribution in [1.82, 2.24) is 0 Å². The highest BCUT2D eigenvalue weighted by Gasteiger charge is 2.27. The van der Waals surface area contributed by atoms with Gasteiger partial charge >= 0.3 is 11.9 Å². The Kier molecular flexibility index (Phi) is 4.74. The first-order chi connectivity index (χ1) is 10.3. The quantitative estimate of drug-likeness (QED) is 0.781. The van der Waals surface area contributed by atoms with E-state index in [4.69, 9.17) is 14.2 Å². The number of hydrogen-bond donors (Lipinski definition) is 0. The van der Waals surface area contributed by atoms with Gasteiger partial charge in [0.05, 0.1) is 18.3 Å². The maximum absolute atomic E-state index is 12.1. The smallest absolute Gasteiger partial charge is 0.341 e. The van der Waals surface area contributed by atoms with Crippen LogP contribution in [0.25, 0.3) is 0 Å². The zero-order valence-corrected chi connectivity index (χ0v) is 13.5. The number of carbonyl (C=O) groups is 2. The molecule has 0 atom stereocenters. The molecule has 0 saturated heterocycles. The Balaban J connectivity index is 2.26. The predicted octanol–water partition coefficient (Wildman–Crippen LogP) is 3.36. The first-order valence-electron chi connectivity index (χ1n) is 7.51. The fraction of sp³-hybridized carbons (Fsp3) is 0.529. The Morgan fingerprint density at radius 1 is 1.18 bits per heavy atom. The summed E-state index contributed by atoms with van der Waals surface area (Å²) >= 11 is 0. The highest BCUT2D eigenvalue weighted by molar-refractivity contribution is 5.96. The van der Waals surface area contributed by atoms with Gasteiger partial charge < -0.3 is 14.2 Å². The third-order valence-electron chi connectivity index (χ3n) is 2.93. The van der Waals surface area contributed by atoms with Gasteiger partial charge in [0.1, 0.15) is 16.9 Å². The lowest BCUT2D eigenvalue weighted by Gasteiger charge is -2.20. The Morgan fingerprint density at radius 2 is 1.86 bits per heavy atom. The molecule has 0 radical (unpaired) electrons. The third-order valence-corrected chi connectivity index (χ3v) is 2.93. The van der Waals surface area contributed by atoms with Crippen LogP contribution in [0.4, 0.5) is 0 Å². The van der Waals surface area contributed by atoms with Crippen LogP contribution in [0.2, 0.25) is 0 Å². The first kappa shape index (κ1) is 16.3. The maximum atomic E-state index is 12.1. The Morgan fingerprint density at radius 3 is 2.41 bits per heavy atom. The second-order valence-corrected chi connectivity index (χ2v) is 6.25. The van der Waals surface area contributed by atoms with Crippen LogP contribution in [0.3, 0.4) is 0 Å². The van der Waals surface area contributed by atoms with Crippen molar-refractivity contribution in [3.8, 4) is 5.75 Å². The first-order valence-corrected chi connectivity index (χ1v) is 7.51.